The molecule has 4 rings (SSSR count). The number of pyridine rings is 1. The number of ether oxygens (including phenoxy) is 1. The number of carbonyl (C=O) groups is 2. The van der Waals surface area contributed by atoms with Crippen LogP contribution in [-0.4, -0.2) is 59.4 Å². The Morgan fingerprint density at radius 2 is 1.72 bits per heavy atom. The zero-order chi connectivity index (χ0) is 20.1. The molecule has 152 valence electrons. The standard InChI is InChI=1S/C23H27N3O3/c27-22(15-19-5-2-10-24-16-19)25-11-13-26(14-12-25)23(28)20-6-8-21(9-7-20)29-17-18-3-1-4-18/h2,5-10,16,18H,1,3-4,11-15,17H2. The molecule has 0 radical (unpaired) electrons. The molecule has 2 aromatic rings. The summed E-state index contributed by atoms with van der Waals surface area (Å²) < 4.78 is 5.81. The Hall–Kier alpha value is -2.89. The van der Waals surface area contributed by atoms with Gasteiger partial charge >= 0.3 is 0 Å². The predicted octanol–water partition coefficient (Wildman–Crippen LogP) is 2.79. The third kappa shape index (κ3) is 4.94. The van der Waals surface area contributed by atoms with Crippen molar-refractivity contribution in [1.29, 1.82) is 0 Å². The SMILES string of the molecule is O=C(Cc1cccnc1)N1CCN(C(=O)c2ccc(OCC3CCC3)cc2)CC1. The summed E-state index contributed by atoms with van der Waals surface area (Å²) in [5.41, 5.74) is 1.58. The largest absolute Gasteiger partial charge is 0.493 e. The summed E-state index contributed by atoms with van der Waals surface area (Å²) in [7, 11) is 0. The molecule has 2 amide bonds. The number of amides is 2. The van der Waals surface area contributed by atoms with Crippen molar-refractivity contribution in [2.75, 3.05) is 32.8 Å². The van der Waals surface area contributed by atoms with Crippen molar-refractivity contribution < 1.29 is 14.3 Å². The van der Waals surface area contributed by atoms with Crippen molar-refractivity contribution in [3.8, 4) is 5.75 Å². The lowest BCUT2D eigenvalue weighted by atomic mass is 9.86. The van der Waals surface area contributed by atoms with E-state index in [-0.39, 0.29) is 11.8 Å². The molecule has 1 aliphatic heterocycles. The Bertz CT molecular complexity index is 826. The van der Waals surface area contributed by atoms with E-state index >= 15 is 0 Å². The van der Waals surface area contributed by atoms with E-state index in [1.54, 1.807) is 12.4 Å². The van der Waals surface area contributed by atoms with Crippen LogP contribution < -0.4 is 4.74 Å². The average molecular weight is 393 g/mol. The van der Waals surface area contributed by atoms with Crippen molar-refractivity contribution >= 4 is 11.8 Å². The second-order valence-electron chi connectivity index (χ2n) is 7.84. The van der Waals surface area contributed by atoms with Gasteiger partial charge in [-0.05, 0) is 54.7 Å². The number of hydrogen-bond donors (Lipinski definition) is 0. The summed E-state index contributed by atoms with van der Waals surface area (Å²) in [6.45, 7) is 3.00. The number of carbonyl (C=O) groups excluding carboxylic acids is 2. The normalized spacial score (nSPS) is 17.0. The van der Waals surface area contributed by atoms with Gasteiger partial charge in [-0.25, -0.2) is 0 Å². The molecule has 2 aliphatic rings. The van der Waals surface area contributed by atoms with E-state index in [0.29, 0.717) is 44.1 Å². The van der Waals surface area contributed by atoms with Crippen LogP contribution in [0.3, 0.4) is 0 Å². The fraction of sp³-hybridized carbons (Fsp3) is 0.435. The van der Waals surface area contributed by atoms with Gasteiger partial charge < -0.3 is 14.5 Å². The topological polar surface area (TPSA) is 62.7 Å². The first kappa shape index (κ1) is 19.4. The average Bonchev–Trinajstić information content (AvgIpc) is 2.73. The van der Waals surface area contributed by atoms with Crippen LogP contribution in [0.1, 0.15) is 35.2 Å². The first-order valence-corrected chi connectivity index (χ1v) is 10.4. The van der Waals surface area contributed by atoms with Crippen LogP contribution in [0.4, 0.5) is 0 Å². The van der Waals surface area contributed by atoms with Crippen LogP contribution in [0, 0.1) is 5.92 Å². The van der Waals surface area contributed by atoms with Gasteiger partial charge in [0.2, 0.25) is 5.91 Å². The van der Waals surface area contributed by atoms with E-state index in [9.17, 15) is 9.59 Å². The van der Waals surface area contributed by atoms with E-state index in [0.717, 1.165) is 17.9 Å². The third-order valence-corrected chi connectivity index (χ3v) is 5.81. The van der Waals surface area contributed by atoms with Gasteiger partial charge in [0.15, 0.2) is 0 Å². The second kappa shape index (κ2) is 9.07. The molecule has 0 spiro atoms. The minimum absolute atomic E-state index is 0.00917. The molecule has 6 nitrogen and oxygen atoms in total. The van der Waals surface area contributed by atoms with Crippen LogP contribution in [0.5, 0.6) is 5.75 Å². The van der Waals surface area contributed by atoms with Crippen LogP contribution in [0.2, 0.25) is 0 Å². The Balaban J connectivity index is 1.25. The van der Waals surface area contributed by atoms with Crippen LogP contribution >= 0.6 is 0 Å². The number of rotatable bonds is 6. The highest BCUT2D eigenvalue weighted by Crippen LogP contribution is 2.27. The number of hydrogen-bond acceptors (Lipinski definition) is 4. The Labute approximate surface area is 171 Å². The first-order valence-electron chi connectivity index (χ1n) is 10.4. The Kier molecular flexibility index (Phi) is 6.08. The smallest absolute Gasteiger partial charge is 0.253 e. The quantitative estimate of drug-likeness (QED) is 0.757. The molecule has 29 heavy (non-hydrogen) atoms. The molecule has 2 heterocycles. The van der Waals surface area contributed by atoms with Crippen molar-refractivity contribution in [3.63, 3.8) is 0 Å². The maximum absolute atomic E-state index is 12.8. The van der Waals surface area contributed by atoms with Crippen molar-refractivity contribution in [1.82, 2.24) is 14.8 Å². The summed E-state index contributed by atoms with van der Waals surface area (Å²) >= 11 is 0. The molecule has 6 heteroatoms. The Morgan fingerprint density at radius 1 is 1.00 bits per heavy atom. The van der Waals surface area contributed by atoms with Crippen LogP contribution in [0.25, 0.3) is 0 Å². The lowest BCUT2D eigenvalue weighted by Gasteiger charge is -2.35. The highest BCUT2D eigenvalue weighted by Gasteiger charge is 2.25. The van der Waals surface area contributed by atoms with Crippen molar-refractivity contribution in [2.24, 2.45) is 5.92 Å². The van der Waals surface area contributed by atoms with Gasteiger partial charge in [-0.1, -0.05) is 12.5 Å². The molecule has 1 aromatic heterocycles. The molecular formula is C23H27N3O3. The van der Waals surface area contributed by atoms with E-state index < -0.39 is 0 Å². The van der Waals surface area contributed by atoms with E-state index in [2.05, 4.69) is 4.98 Å². The van der Waals surface area contributed by atoms with Gasteiger partial charge in [0.05, 0.1) is 13.0 Å². The number of nitrogens with zero attached hydrogens (tertiary/aromatic N) is 3. The zero-order valence-corrected chi connectivity index (χ0v) is 16.6. The van der Waals surface area contributed by atoms with Gasteiger partial charge in [-0.2, -0.15) is 0 Å². The molecule has 2 fully saturated rings. The predicted molar refractivity (Wildman–Crippen MR) is 110 cm³/mol. The van der Waals surface area contributed by atoms with Gasteiger partial charge in [0.25, 0.3) is 5.91 Å². The third-order valence-electron chi connectivity index (χ3n) is 5.81. The minimum atomic E-state index is 0.00917. The molecule has 0 bridgehead atoms. The van der Waals surface area contributed by atoms with E-state index in [1.807, 2.05) is 46.2 Å². The maximum Gasteiger partial charge on any atom is 0.253 e. The Morgan fingerprint density at radius 3 is 2.34 bits per heavy atom. The van der Waals surface area contributed by atoms with Crippen molar-refractivity contribution in [3.05, 3.63) is 59.9 Å². The molecule has 1 saturated heterocycles. The molecule has 1 saturated carbocycles. The fourth-order valence-electron chi connectivity index (χ4n) is 3.70. The van der Waals surface area contributed by atoms with E-state index in [1.165, 1.54) is 19.3 Å². The van der Waals surface area contributed by atoms with Gasteiger partial charge in [-0.3, -0.25) is 14.6 Å². The van der Waals surface area contributed by atoms with Crippen molar-refractivity contribution in [2.45, 2.75) is 25.7 Å². The first-order chi connectivity index (χ1) is 14.2. The van der Waals surface area contributed by atoms with Crippen LogP contribution in [0.15, 0.2) is 48.8 Å². The lowest BCUT2D eigenvalue weighted by molar-refractivity contribution is -0.131. The molecule has 1 aliphatic carbocycles. The summed E-state index contributed by atoms with van der Waals surface area (Å²) in [6.07, 6.45) is 7.59. The minimum Gasteiger partial charge on any atom is -0.493 e. The molecule has 0 atom stereocenters. The number of piperazine rings is 1. The summed E-state index contributed by atoms with van der Waals surface area (Å²) in [5, 5.41) is 0. The molecule has 1 aromatic carbocycles. The summed E-state index contributed by atoms with van der Waals surface area (Å²) in [6, 6.07) is 11.2. The van der Waals surface area contributed by atoms with Gasteiger partial charge in [0, 0.05) is 44.1 Å². The molecule has 0 N–H and O–H groups in total. The molecular weight excluding hydrogens is 366 g/mol. The number of benzene rings is 1. The maximum atomic E-state index is 12.8. The van der Waals surface area contributed by atoms with Crippen LogP contribution in [-0.2, 0) is 11.2 Å². The highest BCUT2D eigenvalue weighted by atomic mass is 16.5. The van der Waals surface area contributed by atoms with E-state index in [4.69, 9.17) is 4.74 Å². The second-order valence-corrected chi connectivity index (χ2v) is 7.84. The zero-order valence-electron chi connectivity index (χ0n) is 16.6. The molecule has 0 unspecified atom stereocenters. The fourth-order valence-corrected chi connectivity index (χ4v) is 3.70. The lowest BCUT2D eigenvalue weighted by Crippen LogP contribution is -2.51. The summed E-state index contributed by atoms with van der Waals surface area (Å²) in [5.74, 6) is 1.60. The van der Waals surface area contributed by atoms with Gasteiger partial charge in [-0.15, -0.1) is 0 Å². The highest BCUT2D eigenvalue weighted by molar-refractivity contribution is 5.94. The number of aromatic nitrogens is 1. The summed E-state index contributed by atoms with van der Waals surface area (Å²) in [4.78, 5) is 32.9. The van der Waals surface area contributed by atoms with Gasteiger partial charge in [0.1, 0.15) is 5.75 Å². The monoisotopic (exact) mass is 393 g/mol.